The van der Waals surface area contributed by atoms with E-state index in [0.717, 1.165) is 16.8 Å². The van der Waals surface area contributed by atoms with Crippen LogP contribution < -0.4 is 5.73 Å². The summed E-state index contributed by atoms with van der Waals surface area (Å²) in [7, 11) is 1.67. The van der Waals surface area contributed by atoms with Crippen molar-refractivity contribution in [3.05, 3.63) is 18.2 Å². The number of hydrogen-bond donors (Lipinski definition) is 1. The first kappa shape index (κ1) is 10.3. The molecule has 0 unspecified atom stereocenters. The van der Waals surface area contributed by atoms with Gasteiger partial charge in [0, 0.05) is 18.6 Å². The first-order valence-electron chi connectivity index (χ1n) is 4.54. The van der Waals surface area contributed by atoms with Crippen LogP contribution in [-0.4, -0.2) is 33.9 Å². The fourth-order valence-electron chi connectivity index (χ4n) is 1.17. The van der Waals surface area contributed by atoms with E-state index in [2.05, 4.69) is 10.2 Å². The SMILES string of the molecule is COCCSn1nc2ccc(N)cc2n1. The van der Waals surface area contributed by atoms with Gasteiger partial charge in [-0.15, -0.1) is 14.4 Å². The van der Waals surface area contributed by atoms with E-state index in [4.69, 9.17) is 10.5 Å². The predicted molar refractivity (Wildman–Crippen MR) is 61.7 cm³/mol. The van der Waals surface area contributed by atoms with E-state index >= 15 is 0 Å². The monoisotopic (exact) mass is 224 g/mol. The molecule has 1 aromatic carbocycles. The summed E-state index contributed by atoms with van der Waals surface area (Å²) in [5.41, 5.74) is 8.03. The van der Waals surface area contributed by atoms with Crippen LogP contribution in [-0.2, 0) is 4.74 Å². The first-order chi connectivity index (χ1) is 7.29. The lowest BCUT2D eigenvalue weighted by Gasteiger charge is -1.96. The van der Waals surface area contributed by atoms with Crippen LogP contribution in [0.15, 0.2) is 18.2 Å². The minimum absolute atomic E-state index is 0.685. The summed E-state index contributed by atoms with van der Waals surface area (Å²) in [6.07, 6.45) is 0. The van der Waals surface area contributed by atoms with Crippen molar-refractivity contribution < 1.29 is 4.74 Å². The molecule has 0 saturated carbocycles. The molecule has 0 aliphatic carbocycles. The maximum atomic E-state index is 5.65. The number of aromatic nitrogens is 3. The molecule has 2 aromatic rings. The molecule has 6 heteroatoms. The van der Waals surface area contributed by atoms with Gasteiger partial charge in [-0.3, -0.25) is 0 Å². The molecule has 0 fully saturated rings. The number of rotatable bonds is 4. The van der Waals surface area contributed by atoms with Crippen LogP contribution in [0.5, 0.6) is 0 Å². The van der Waals surface area contributed by atoms with Crippen LogP contribution in [0.2, 0.25) is 0 Å². The van der Waals surface area contributed by atoms with E-state index < -0.39 is 0 Å². The van der Waals surface area contributed by atoms with Gasteiger partial charge in [-0.25, -0.2) is 0 Å². The summed E-state index contributed by atoms with van der Waals surface area (Å²) < 4.78 is 6.55. The molecular weight excluding hydrogens is 212 g/mol. The van der Waals surface area contributed by atoms with Crippen molar-refractivity contribution in [2.24, 2.45) is 0 Å². The molecule has 0 saturated heterocycles. The molecule has 0 spiro atoms. The average molecular weight is 224 g/mol. The third-order valence-electron chi connectivity index (χ3n) is 1.88. The van der Waals surface area contributed by atoms with Crippen LogP contribution in [0.1, 0.15) is 0 Å². The van der Waals surface area contributed by atoms with Gasteiger partial charge in [0.2, 0.25) is 0 Å². The number of nitrogens with two attached hydrogens (primary N) is 1. The highest BCUT2D eigenvalue weighted by atomic mass is 32.2. The number of methoxy groups -OCH3 is 1. The van der Waals surface area contributed by atoms with Crippen molar-refractivity contribution >= 4 is 28.7 Å². The number of benzene rings is 1. The number of nitrogen functional groups attached to an aromatic ring is 1. The second-order valence-corrected chi connectivity index (χ2v) is 4.02. The van der Waals surface area contributed by atoms with E-state index in [9.17, 15) is 0 Å². The molecule has 0 atom stereocenters. The van der Waals surface area contributed by atoms with Crippen molar-refractivity contribution in [2.75, 3.05) is 25.2 Å². The second-order valence-electron chi connectivity index (χ2n) is 3.03. The van der Waals surface area contributed by atoms with Gasteiger partial charge >= 0.3 is 0 Å². The third kappa shape index (κ3) is 2.40. The minimum Gasteiger partial charge on any atom is -0.399 e. The van der Waals surface area contributed by atoms with Crippen molar-refractivity contribution in [1.29, 1.82) is 0 Å². The Bertz CT molecular complexity index is 456. The summed E-state index contributed by atoms with van der Waals surface area (Å²) in [6.45, 7) is 0.685. The molecule has 2 N–H and O–H groups in total. The Morgan fingerprint density at radius 3 is 3.00 bits per heavy atom. The normalized spacial score (nSPS) is 11.0. The molecule has 0 amide bonds. The first-order valence-corrected chi connectivity index (χ1v) is 5.48. The lowest BCUT2D eigenvalue weighted by Crippen LogP contribution is -1.98. The van der Waals surface area contributed by atoms with E-state index in [1.165, 1.54) is 11.9 Å². The van der Waals surface area contributed by atoms with Gasteiger partial charge in [-0.05, 0) is 30.1 Å². The van der Waals surface area contributed by atoms with E-state index in [0.29, 0.717) is 12.3 Å². The molecule has 0 aliphatic rings. The van der Waals surface area contributed by atoms with Gasteiger partial charge < -0.3 is 10.5 Å². The minimum atomic E-state index is 0.685. The van der Waals surface area contributed by atoms with Crippen LogP contribution in [0.4, 0.5) is 5.69 Å². The average Bonchev–Trinajstić information content (AvgIpc) is 2.60. The fraction of sp³-hybridized carbons (Fsp3) is 0.333. The fourth-order valence-corrected chi connectivity index (χ4v) is 1.87. The highest BCUT2D eigenvalue weighted by molar-refractivity contribution is 7.97. The predicted octanol–water partition coefficient (Wildman–Crippen LogP) is 1.16. The van der Waals surface area contributed by atoms with Gasteiger partial charge in [0.1, 0.15) is 11.0 Å². The Balaban J connectivity index is 2.16. The van der Waals surface area contributed by atoms with Crippen molar-refractivity contribution in [1.82, 2.24) is 14.4 Å². The molecule has 15 heavy (non-hydrogen) atoms. The van der Waals surface area contributed by atoms with Crippen molar-refractivity contribution in [3.8, 4) is 0 Å². The zero-order chi connectivity index (χ0) is 10.7. The zero-order valence-corrected chi connectivity index (χ0v) is 9.20. The maximum absolute atomic E-state index is 5.65. The van der Waals surface area contributed by atoms with Gasteiger partial charge in [0.25, 0.3) is 0 Å². The number of anilines is 1. The lowest BCUT2D eigenvalue weighted by atomic mass is 10.3. The lowest BCUT2D eigenvalue weighted by molar-refractivity contribution is 0.218. The molecule has 0 aliphatic heterocycles. The van der Waals surface area contributed by atoms with Crippen molar-refractivity contribution in [2.45, 2.75) is 0 Å². The van der Waals surface area contributed by atoms with Gasteiger partial charge in [-0.1, -0.05) is 0 Å². The van der Waals surface area contributed by atoms with Gasteiger partial charge in [0.15, 0.2) is 0 Å². The van der Waals surface area contributed by atoms with Gasteiger partial charge in [-0.2, -0.15) is 0 Å². The summed E-state index contributed by atoms with van der Waals surface area (Å²) in [5.74, 6) is 0.826. The molecule has 5 nitrogen and oxygen atoms in total. The molecule has 80 valence electrons. The number of ether oxygens (including phenoxy) is 1. The maximum Gasteiger partial charge on any atom is 0.116 e. The standard InChI is InChI=1S/C9H12N4OS/c1-14-4-5-15-13-11-8-3-2-7(10)6-9(8)12-13/h2-3,6H,4-5,10H2,1H3. The Labute approximate surface area is 91.7 Å². The third-order valence-corrected chi connectivity index (χ3v) is 2.62. The Kier molecular flexibility index (Phi) is 3.08. The number of fused-ring (bicyclic) bond motifs is 1. The van der Waals surface area contributed by atoms with Crippen molar-refractivity contribution in [3.63, 3.8) is 0 Å². The molecule has 1 aromatic heterocycles. The summed E-state index contributed by atoms with van der Waals surface area (Å²) in [5, 5.41) is 8.56. The Morgan fingerprint density at radius 2 is 2.20 bits per heavy atom. The highest BCUT2D eigenvalue weighted by Crippen LogP contribution is 2.15. The zero-order valence-electron chi connectivity index (χ0n) is 8.38. The summed E-state index contributed by atoms with van der Waals surface area (Å²) in [6, 6.07) is 5.50. The summed E-state index contributed by atoms with van der Waals surface area (Å²) in [4.78, 5) is 0. The largest absolute Gasteiger partial charge is 0.399 e. The topological polar surface area (TPSA) is 66.0 Å². The highest BCUT2D eigenvalue weighted by Gasteiger charge is 2.02. The van der Waals surface area contributed by atoms with Crippen LogP contribution in [0, 0.1) is 0 Å². The molecular formula is C9H12N4OS. The van der Waals surface area contributed by atoms with Crippen LogP contribution in [0.3, 0.4) is 0 Å². The number of nitrogens with zero attached hydrogens (tertiary/aromatic N) is 3. The number of hydrogen-bond acceptors (Lipinski definition) is 5. The Hall–Kier alpha value is -1.27. The second kappa shape index (κ2) is 4.50. The molecule has 0 bridgehead atoms. The van der Waals surface area contributed by atoms with Crippen LogP contribution in [0.25, 0.3) is 11.0 Å². The quantitative estimate of drug-likeness (QED) is 0.623. The smallest absolute Gasteiger partial charge is 0.116 e. The van der Waals surface area contributed by atoms with Crippen LogP contribution >= 0.6 is 11.9 Å². The van der Waals surface area contributed by atoms with Gasteiger partial charge in [0.05, 0.1) is 6.61 Å². The van der Waals surface area contributed by atoms with E-state index in [-0.39, 0.29) is 0 Å². The molecule has 0 radical (unpaired) electrons. The molecule has 2 rings (SSSR count). The molecule has 1 heterocycles. The Morgan fingerprint density at radius 1 is 1.40 bits per heavy atom. The van der Waals surface area contributed by atoms with E-state index in [1.54, 1.807) is 11.3 Å². The van der Waals surface area contributed by atoms with E-state index in [1.807, 2.05) is 18.2 Å². The summed E-state index contributed by atoms with van der Waals surface area (Å²) >= 11 is 1.51.